The summed E-state index contributed by atoms with van der Waals surface area (Å²) in [5.41, 5.74) is 0. The van der Waals surface area contributed by atoms with Crippen LogP contribution in [0.3, 0.4) is 0 Å². The molecule has 0 spiro atoms. The molecule has 1 aromatic rings. The molecule has 1 fully saturated rings. The fourth-order valence-corrected chi connectivity index (χ4v) is 2.29. The Morgan fingerprint density at radius 2 is 2.10 bits per heavy atom. The van der Waals surface area contributed by atoms with Crippen molar-refractivity contribution in [3.63, 3.8) is 0 Å². The SMILES string of the molecule is CCCc1nc(NCCN2CCOCC2)cc(OCC)n1. The molecule has 1 N–H and O–H groups in total. The van der Waals surface area contributed by atoms with Crippen LogP contribution in [-0.4, -0.2) is 60.9 Å². The summed E-state index contributed by atoms with van der Waals surface area (Å²) in [7, 11) is 0. The van der Waals surface area contributed by atoms with Gasteiger partial charge in [-0.15, -0.1) is 0 Å². The molecule has 0 aromatic carbocycles. The Labute approximate surface area is 126 Å². The number of anilines is 1. The summed E-state index contributed by atoms with van der Waals surface area (Å²) in [4.78, 5) is 11.4. The highest BCUT2D eigenvalue weighted by molar-refractivity contribution is 5.38. The van der Waals surface area contributed by atoms with E-state index in [2.05, 4.69) is 27.1 Å². The van der Waals surface area contributed by atoms with Gasteiger partial charge in [0.2, 0.25) is 5.88 Å². The maximum Gasteiger partial charge on any atom is 0.218 e. The van der Waals surface area contributed by atoms with Gasteiger partial charge >= 0.3 is 0 Å². The summed E-state index contributed by atoms with van der Waals surface area (Å²) in [5, 5.41) is 3.38. The minimum Gasteiger partial charge on any atom is -0.478 e. The van der Waals surface area contributed by atoms with Crippen molar-refractivity contribution in [1.82, 2.24) is 14.9 Å². The van der Waals surface area contributed by atoms with Crippen molar-refractivity contribution in [3.8, 4) is 5.88 Å². The topological polar surface area (TPSA) is 59.5 Å². The third-order valence-corrected chi connectivity index (χ3v) is 3.35. The number of nitrogens with one attached hydrogen (secondary N) is 1. The predicted molar refractivity (Wildman–Crippen MR) is 82.9 cm³/mol. The first-order valence-electron chi connectivity index (χ1n) is 7.86. The number of hydrogen-bond donors (Lipinski definition) is 1. The number of nitrogens with zero attached hydrogens (tertiary/aromatic N) is 3. The summed E-state index contributed by atoms with van der Waals surface area (Å²) >= 11 is 0. The lowest BCUT2D eigenvalue weighted by molar-refractivity contribution is 0.0398. The normalized spacial score (nSPS) is 15.9. The van der Waals surface area contributed by atoms with Gasteiger partial charge in [-0.2, -0.15) is 4.98 Å². The van der Waals surface area contributed by atoms with Crippen LogP contribution in [0.25, 0.3) is 0 Å². The first-order chi connectivity index (χ1) is 10.3. The minimum atomic E-state index is 0.621. The smallest absolute Gasteiger partial charge is 0.218 e. The van der Waals surface area contributed by atoms with Crippen molar-refractivity contribution in [2.75, 3.05) is 51.3 Å². The Morgan fingerprint density at radius 3 is 2.81 bits per heavy atom. The molecule has 1 aliphatic heterocycles. The van der Waals surface area contributed by atoms with Crippen molar-refractivity contribution < 1.29 is 9.47 Å². The van der Waals surface area contributed by atoms with E-state index in [1.54, 1.807) is 0 Å². The first-order valence-corrected chi connectivity index (χ1v) is 7.86. The largest absolute Gasteiger partial charge is 0.478 e. The van der Waals surface area contributed by atoms with Crippen LogP contribution >= 0.6 is 0 Å². The molecule has 1 saturated heterocycles. The van der Waals surface area contributed by atoms with E-state index < -0.39 is 0 Å². The lowest BCUT2D eigenvalue weighted by Gasteiger charge is -2.26. The molecule has 1 aromatic heterocycles. The Bertz CT molecular complexity index is 398. The van der Waals surface area contributed by atoms with E-state index in [-0.39, 0.29) is 0 Å². The molecule has 0 aliphatic carbocycles. The monoisotopic (exact) mass is 294 g/mol. The van der Waals surface area contributed by atoms with Crippen LogP contribution in [0.4, 0.5) is 5.82 Å². The average Bonchev–Trinajstić information content (AvgIpc) is 2.49. The van der Waals surface area contributed by atoms with E-state index in [1.165, 1.54) is 0 Å². The van der Waals surface area contributed by atoms with E-state index in [0.29, 0.717) is 12.5 Å². The molecule has 0 saturated carbocycles. The van der Waals surface area contributed by atoms with Crippen molar-refractivity contribution in [1.29, 1.82) is 0 Å². The van der Waals surface area contributed by atoms with Gasteiger partial charge in [0.15, 0.2) is 0 Å². The Balaban J connectivity index is 1.87. The van der Waals surface area contributed by atoms with Gasteiger partial charge in [0.1, 0.15) is 11.6 Å². The van der Waals surface area contributed by atoms with Gasteiger partial charge in [-0.05, 0) is 13.3 Å². The van der Waals surface area contributed by atoms with Gasteiger partial charge in [-0.3, -0.25) is 4.90 Å². The highest BCUT2D eigenvalue weighted by Crippen LogP contribution is 2.14. The Hall–Kier alpha value is -1.40. The van der Waals surface area contributed by atoms with Crippen molar-refractivity contribution in [2.45, 2.75) is 26.7 Å². The quantitative estimate of drug-likeness (QED) is 0.785. The lowest BCUT2D eigenvalue weighted by atomic mass is 10.3. The minimum absolute atomic E-state index is 0.621. The van der Waals surface area contributed by atoms with Crippen LogP contribution in [0.1, 0.15) is 26.1 Å². The third-order valence-electron chi connectivity index (χ3n) is 3.35. The van der Waals surface area contributed by atoms with E-state index in [1.807, 2.05) is 13.0 Å². The van der Waals surface area contributed by atoms with Crippen LogP contribution in [0.5, 0.6) is 5.88 Å². The van der Waals surface area contributed by atoms with Gasteiger partial charge in [-0.1, -0.05) is 6.92 Å². The molecule has 0 atom stereocenters. The van der Waals surface area contributed by atoms with E-state index >= 15 is 0 Å². The van der Waals surface area contributed by atoms with Crippen LogP contribution in [0.15, 0.2) is 6.07 Å². The second kappa shape index (κ2) is 8.79. The fraction of sp³-hybridized carbons (Fsp3) is 0.733. The van der Waals surface area contributed by atoms with Gasteiger partial charge < -0.3 is 14.8 Å². The van der Waals surface area contributed by atoms with E-state index in [4.69, 9.17) is 9.47 Å². The van der Waals surface area contributed by atoms with Crippen LogP contribution < -0.4 is 10.1 Å². The molecule has 21 heavy (non-hydrogen) atoms. The Kier molecular flexibility index (Phi) is 6.69. The predicted octanol–water partition coefficient (Wildman–Crippen LogP) is 1.57. The summed E-state index contributed by atoms with van der Waals surface area (Å²) in [6.45, 7) is 10.3. The number of aromatic nitrogens is 2. The molecule has 0 radical (unpaired) electrons. The fourth-order valence-electron chi connectivity index (χ4n) is 2.29. The highest BCUT2D eigenvalue weighted by atomic mass is 16.5. The second-order valence-corrected chi connectivity index (χ2v) is 5.07. The maximum absolute atomic E-state index is 5.51. The maximum atomic E-state index is 5.51. The highest BCUT2D eigenvalue weighted by Gasteiger charge is 2.10. The number of morpholine rings is 1. The molecular formula is C15H26N4O2. The van der Waals surface area contributed by atoms with Crippen LogP contribution in [0, 0.1) is 0 Å². The van der Waals surface area contributed by atoms with Gasteiger partial charge in [0.25, 0.3) is 0 Å². The lowest BCUT2D eigenvalue weighted by Crippen LogP contribution is -2.39. The zero-order valence-corrected chi connectivity index (χ0v) is 13.1. The average molecular weight is 294 g/mol. The van der Waals surface area contributed by atoms with Gasteiger partial charge in [-0.25, -0.2) is 4.98 Å². The first kappa shape index (κ1) is 16.0. The molecule has 2 rings (SSSR count). The molecule has 6 heteroatoms. The van der Waals surface area contributed by atoms with Crippen molar-refractivity contribution in [2.24, 2.45) is 0 Å². The van der Waals surface area contributed by atoms with Crippen molar-refractivity contribution >= 4 is 5.82 Å². The van der Waals surface area contributed by atoms with Crippen molar-refractivity contribution in [3.05, 3.63) is 11.9 Å². The molecule has 0 bridgehead atoms. The number of aryl methyl sites for hydroxylation is 1. The Morgan fingerprint density at radius 1 is 1.29 bits per heavy atom. The van der Waals surface area contributed by atoms with Crippen LogP contribution in [0.2, 0.25) is 0 Å². The number of hydrogen-bond acceptors (Lipinski definition) is 6. The van der Waals surface area contributed by atoms with E-state index in [0.717, 1.165) is 63.9 Å². The zero-order chi connectivity index (χ0) is 14.9. The third kappa shape index (κ3) is 5.47. The molecule has 1 aliphatic rings. The molecule has 118 valence electrons. The summed E-state index contributed by atoms with van der Waals surface area (Å²) < 4.78 is 10.9. The summed E-state index contributed by atoms with van der Waals surface area (Å²) in [6, 6.07) is 1.88. The molecular weight excluding hydrogens is 268 g/mol. The second-order valence-electron chi connectivity index (χ2n) is 5.07. The number of ether oxygens (including phenoxy) is 2. The summed E-state index contributed by atoms with van der Waals surface area (Å²) in [6.07, 6.45) is 1.90. The van der Waals surface area contributed by atoms with Gasteiger partial charge in [0.05, 0.1) is 19.8 Å². The zero-order valence-electron chi connectivity index (χ0n) is 13.1. The van der Waals surface area contributed by atoms with Gasteiger partial charge in [0, 0.05) is 38.7 Å². The summed E-state index contributed by atoms with van der Waals surface area (Å²) in [5.74, 6) is 2.35. The van der Waals surface area contributed by atoms with E-state index in [9.17, 15) is 0 Å². The number of rotatable bonds is 8. The molecule has 6 nitrogen and oxygen atoms in total. The molecule has 0 amide bonds. The van der Waals surface area contributed by atoms with Crippen LogP contribution in [-0.2, 0) is 11.2 Å². The molecule has 2 heterocycles. The molecule has 0 unspecified atom stereocenters. The standard InChI is InChI=1S/C15H26N4O2/c1-3-5-13-17-14(12-15(18-13)21-4-2)16-6-7-19-8-10-20-11-9-19/h12H,3-11H2,1-2H3,(H,16,17,18).